The second-order valence-corrected chi connectivity index (χ2v) is 3.80. The number of nitrogens with zero attached hydrogens (tertiary/aromatic N) is 2. The number of hydrogen-bond donors (Lipinski definition) is 4. The van der Waals surface area contributed by atoms with E-state index in [9.17, 15) is 10.2 Å². The summed E-state index contributed by atoms with van der Waals surface area (Å²) in [6.07, 6.45) is -1.63. The van der Waals surface area contributed by atoms with Crippen molar-refractivity contribution in [1.82, 2.24) is 15.5 Å². The van der Waals surface area contributed by atoms with Gasteiger partial charge in [0.2, 0.25) is 0 Å². The van der Waals surface area contributed by atoms with E-state index in [1.54, 1.807) is 7.05 Å². The monoisotopic (exact) mass is 246 g/mol. The average molecular weight is 247 g/mol. The van der Waals surface area contributed by atoms with Crippen LogP contribution in [0.25, 0.3) is 0 Å². The van der Waals surface area contributed by atoms with Gasteiger partial charge in [0, 0.05) is 5.56 Å². The predicted molar refractivity (Wildman–Crippen MR) is 61.0 cm³/mol. The zero-order valence-corrected chi connectivity index (χ0v) is 9.65. The van der Waals surface area contributed by atoms with Crippen molar-refractivity contribution < 1.29 is 10.2 Å². The van der Waals surface area contributed by atoms with E-state index < -0.39 is 12.2 Å². The van der Waals surface area contributed by atoms with E-state index in [0.29, 0.717) is 18.5 Å². The third-order valence-corrected chi connectivity index (χ3v) is 2.38. The Morgan fingerprint density at radius 1 is 1.50 bits per heavy atom. The molecule has 1 aromatic heterocycles. The van der Waals surface area contributed by atoms with Crippen molar-refractivity contribution >= 4 is 17.4 Å². The lowest BCUT2D eigenvalue weighted by atomic mass is 10.0. The number of aliphatic hydroxyl groups is 2. The number of anilines is 1. The largest absolute Gasteiger partial charge is 0.390 e. The lowest BCUT2D eigenvalue weighted by Gasteiger charge is -2.18. The van der Waals surface area contributed by atoms with E-state index in [1.807, 2.05) is 0 Å². The van der Waals surface area contributed by atoms with Gasteiger partial charge in [-0.15, -0.1) is 10.2 Å². The topological polar surface area (TPSA) is 104 Å². The van der Waals surface area contributed by atoms with Gasteiger partial charge < -0.3 is 21.3 Å². The Morgan fingerprint density at radius 2 is 2.19 bits per heavy atom. The SMILES string of the molecule is CNCCC(O)C(O)c1cc(Cl)nnc1N. The van der Waals surface area contributed by atoms with Crippen LogP contribution in [0.15, 0.2) is 6.07 Å². The molecule has 0 spiro atoms. The van der Waals surface area contributed by atoms with Crippen LogP contribution in [0, 0.1) is 0 Å². The molecule has 0 bridgehead atoms. The summed E-state index contributed by atoms with van der Waals surface area (Å²) in [7, 11) is 1.76. The minimum absolute atomic E-state index is 0.0698. The first-order valence-electron chi connectivity index (χ1n) is 4.85. The highest BCUT2D eigenvalue weighted by molar-refractivity contribution is 6.29. The Labute approximate surface area is 98.4 Å². The molecule has 0 saturated heterocycles. The minimum atomic E-state index is -1.11. The third kappa shape index (κ3) is 3.28. The second kappa shape index (κ2) is 5.95. The van der Waals surface area contributed by atoms with Gasteiger partial charge in [-0.1, -0.05) is 11.6 Å². The first kappa shape index (κ1) is 13.1. The van der Waals surface area contributed by atoms with Crippen molar-refractivity contribution in [3.63, 3.8) is 0 Å². The summed E-state index contributed by atoms with van der Waals surface area (Å²) in [5.74, 6) is 0.0698. The standard InChI is InChI=1S/C9H15ClN4O2/c1-12-3-2-6(15)8(16)5-4-7(10)13-14-9(5)11/h4,6,8,12,15-16H,2-3H2,1H3,(H2,11,14). The number of nitrogens with one attached hydrogen (secondary N) is 1. The molecule has 0 aliphatic heterocycles. The van der Waals surface area contributed by atoms with Crippen LogP contribution < -0.4 is 11.1 Å². The highest BCUT2D eigenvalue weighted by atomic mass is 35.5. The Morgan fingerprint density at radius 3 is 2.81 bits per heavy atom. The fourth-order valence-corrected chi connectivity index (χ4v) is 1.44. The molecule has 16 heavy (non-hydrogen) atoms. The van der Waals surface area contributed by atoms with Crippen molar-refractivity contribution in [2.75, 3.05) is 19.3 Å². The Hall–Kier alpha value is -0.950. The normalized spacial score (nSPS) is 14.8. The van der Waals surface area contributed by atoms with Gasteiger partial charge in [-0.3, -0.25) is 0 Å². The summed E-state index contributed by atoms with van der Waals surface area (Å²) in [6, 6.07) is 1.40. The van der Waals surface area contributed by atoms with Crippen molar-refractivity contribution in [1.29, 1.82) is 0 Å². The minimum Gasteiger partial charge on any atom is -0.390 e. The molecule has 2 unspecified atom stereocenters. The van der Waals surface area contributed by atoms with Crippen LogP contribution in [0.1, 0.15) is 18.1 Å². The lowest BCUT2D eigenvalue weighted by Crippen LogP contribution is -2.24. The summed E-state index contributed by atoms with van der Waals surface area (Å²) < 4.78 is 0. The molecule has 1 aromatic rings. The van der Waals surface area contributed by atoms with Gasteiger partial charge in [0.1, 0.15) is 6.10 Å². The van der Waals surface area contributed by atoms with E-state index in [0.717, 1.165) is 0 Å². The summed E-state index contributed by atoms with van der Waals surface area (Å²) in [4.78, 5) is 0. The number of halogens is 1. The number of rotatable bonds is 5. The number of aliphatic hydroxyl groups excluding tert-OH is 2. The van der Waals surface area contributed by atoms with Gasteiger partial charge in [0.15, 0.2) is 11.0 Å². The summed E-state index contributed by atoms with van der Waals surface area (Å²) in [5.41, 5.74) is 5.83. The van der Waals surface area contributed by atoms with Gasteiger partial charge in [0.05, 0.1) is 6.10 Å². The van der Waals surface area contributed by atoms with Crippen LogP contribution in [-0.2, 0) is 0 Å². The summed E-state index contributed by atoms with van der Waals surface area (Å²) in [5, 5.41) is 29.6. The van der Waals surface area contributed by atoms with Crippen LogP contribution in [-0.4, -0.2) is 40.1 Å². The molecule has 0 aromatic carbocycles. The maximum Gasteiger partial charge on any atom is 0.152 e. The second-order valence-electron chi connectivity index (χ2n) is 3.41. The van der Waals surface area contributed by atoms with Crippen molar-refractivity contribution in [2.24, 2.45) is 0 Å². The molecule has 7 heteroatoms. The number of aromatic nitrogens is 2. The average Bonchev–Trinajstić information content (AvgIpc) is 2.28. The molecule has 0 saturated carbocycles. The van der Waals surface area contributed by atoms with Crippen molar-refractivity contribution in [3.8, 4) is 0 Å². The molecule has 0 amide bonds. The molecular formula is C9H15ClN4O2. The smallest absolute Gasteiger partial charge is 0.152 e. The van der Waals surface area contributed by atoms with Gasteiger partial charge in [-0.2, -0.15) is 0 Å². The zero-order chi connectivity index (χ0) is 12.1. The molecule has 0 aliphatic carbocycles. The highest BCUT2D eigenvalue weighted by Gasteiger charge is 2.21. The van der Waals surface area contributed by atoms with Gasteiger partial charge in [-0.05, 0) is 26.1 Å². The van der Waals surface area contributed by atoms with Gasteiger partial charge in [0.25, 0.3) is 0 Å². The number of hydrogen-bond acceptors (Lipinski definition) is 6. The molecule has 5 N–H and O–H groups in total. The maximum atomic E-state index is 9.84. The predicted octanol–water partition coefficient (Wildman–Crippen LogP) is -0.284. The van der Waals surface area contributed by atoms with E-state index in [4.69, 9.17) is 17.3 Å². The molecule has 90 valence electrons. The maximum absolute atomic E-state index is 9.84. The van der Waals surface area contributed by atoms with Crippen LogP contribution in [0.2, 0.25) is 5.15 Å². The molecular weight excluding hydrogens is 232 g/mol. The lowest BCUT2D eigenvalue weighted by molar-refractivity contribution is 0.0142. The molecule has 0 fully saturated rings. The molecule has 1 rings (SSSR count). The fraction of sp³-hybridized carbons (Fsp3) is 0.556. The first-order valence-corrected chi connectivity index (χ1v) is 5.23. The van der Waals surface area contributed by atoms with Gasteiger partial charge in [-0.25, -0.2) is 0 Å². The number of nitrogen functional groups attached to an aromatic ring is 1. The van der Waals surface area contributed by atoms with E-state index >= 15 is 0 Å². The van der Waals surface area contributed by atoms with Gasteiger partial charge >= 0.3 is 0 Å². The van der Waals surface area contributed by atoms with Crippen LogP contribution in [0.4, 0.5) is 5.82 Å². The molecule has 2 atom stereocenters. The first-order chi connectivity index (χ1) is 7.56. The van der Waals surface area contributed by atoms with E-state index in [2.05, 4.69) is 15.5 Å². The van der Waals surface area contributed by atoms with Crippen LogP contribution >= 0.6 is 11.6 Å². The van der Waals surface area contributed by atoms with Crippen molar-refractivity contribution in [3.05, 3.63) is 16.8 Å². The summed E-state index contributed by atoms with van der Waals surface area (Å²) >= 11 is 5.64. The van der Waals surface area contributed by atoms with E-state index in [-0.39, 0.29) is 11.0 Å². The fourth-order valence-electron chi connectivity index (χ4n) is 1.28. The van der Waals surface area contributed by atoms with Crippen LogP contribution in [0.5, 0.6) is 0 Å². The summed E-state index contributed by atoms with van der Waals surface area (Å²) in [6.45, 7) is 0.588. The zero-order valence-electron chi connectivity index (χ0n) is 8.89. The molecule has 6 nitrogen and oxygen atoms in total. The molecule has 0 aliphatic rings. The Bertz CT molecular complexity index is 350. The third-order valence-electron chi connectivity index (χ3n) is 2.20. The van der Waals surface area contributed by atoms with E-state index in [1.165, 1.54) is 6.07 Å². The number of nitrogens with two attached hydrogens (primary N) is 1. The Balaban J connectivity index is 2.78. The van der Waals surface area contributed by atoms with Crippen molar-refractivity contribution in [2.45, 2.75) is 18.6 Å². The Kier molecular flexibility index (Phi) is 4.88. The molecule has 0 radical (unpaired) electrons. The highest BCUT2D eigenvalue weighted by Crippen LogP contribution is 2.24. The van der Waals surface area contributed by atoms with Crippen LogP contribution in [0.3, 0.4) is 0 Å². The quantitative estimate of drug-likeness (QED) is 0.570. The molecule has 1 heterocycles.